The second-order valence-corrected chi connectivity index (χ2v) is 9.39. The van der Waals surface area contributed by atoms with Gasteiger partial charge in [0.2, 0.25) is 5.88 Å². The summed E-state index contributed by atoms with van der Waals surface area (Å²) in [5, 5.41) is 18.3. The van der Waals surface area contributed by atoms with Gasteiger partial charge in [-0.05, 0) is 49.9 Å². The number of aromatic hydroxyl groups is 1. The third kappa shape index (κ3) is 4.93. The first-order chi connectivity index (χ1) is 17.4. The molecule has 36 heavy (non-hydrogen) atoms. The Labute approximate surface area is 213 Å². The summed E-state index contributed by atoms with van der Waals surface area (Å²) >= 11 is 6.27. The lowest BCUT2D eigenvalue weighted by Crippen LogP contribution is -2.35. The Kier molecular flexibility index (Phi) is 6.67. The van der Waals surface area contributed by atoms with Crippen LogP contribution in [0.2, 0.25) is 5.02 Å². The van der Waals surface area contributed by atoms with E-state index >= 15 is 0 Å². The smallest absolute Gasteiger partial charge is 0.212 e. The first-order valence-corrected chi connectivity index (χ1v) is 12.2. The molecule has 3 aromatic heterocycles. The van der Waals surface area contributed by atoms with Gasteiger partial charge in [-0.2, -0.15) is 5.10 Å². The van der Waals surface area contributed by atoms with E-state index in [1.54, 1.807) is 25.6 Å². The minimum absolute atomic E-state index is 0.0605. The van der Waals surface area contributed by atoms with Gasteiger partial charge in [0, 0.05) is 47.7 Å². The molecule has 10 heteroatoms. The molecular formula is C26H28ClN7O2. The molecule has 0 radical (unpaired) electrons. The molecule has 1 fully saturated rings. The minimum atomic E-state index is 0.0605. The van der Waals surface area contributed by atoms with Crippen molar-refractivity contribution in [3.05, 3.63) is 65.6 Å². The highest BCUT2D eigenvalue weighted by atomic mass is 35.5. The van der Waals surface area contributed by atoms with Crippen LogP contribution in [0.3, 0.4) is 0 Å². The van der Waals surface area contributed by atoms with Crippen molar-refractivity contribution >= 4 is 34.3 Å². The lowest BCUT2D eigenvalue weighted by Gasteiger charge is -2.29. The van der Waals surface area contributed by atoms with Crippen molar-refractivity contribution in [1.82, 2.24) is 14.6 Å². The monoisotopic (exact) mass is 505 g/mol. The number of rotatable bonds is 6. The standard InChI is InChI=1S/C26H28ClN7O2/c1-36-24-8-5-15(12-30-24)16-9-23-25(32-18-4-2-3-17(28)10-18)20(13-31-34(23)14-16)26(29)33-22-7-6-19(35)11-21(22)27/h5-9,11-14,17-18,32,35H,2-4,10,28H2,1H3,(H2,29,33)/t17-,18-/m1/s1. The molecule has 9 nitrogen and oxygen atoms in total. The van der Waals surface area contributed by atoms with Gasteiger partial charge in [0.05, 0.1) is 40.8 Å². The molecule has 2 atom stereocenters. The Morgan fingerprint density at radius 3 is 2.78 bits per heavy atom. The van der Waals surface area contributed by atoms with Crippen molar-refractivity contribution in [3.8, 4) is 22.8 Å². The maximum Gasteiger partial charge on any atom is 0.212 e. The summed E-state index contributed by atoms with van der Waals surface area (Å²) in [5.74, 6) is 0.871. The van der Waals surface area contributed by atoms with Gasteiger partial charge in [0.1, 0.15) is 11.6 Å². The van der Waals surface area contributed by atoms with Crippen molar-refractivity contribution in [2.45, 2.75) is 37.8 Å². The molecule has 4 aromatic rings. The Morgan fingerprint density at radius 2 is 2.06 bits per heavy atom. The third-order valence-electron chi connectivity index (χ3n) is 6.43. The largest absolute Gasteiger partial charge is 0.508 e. The first-order valence-electron chi connectivity index (χ1n) is 11.8. The fourth-order valence-corrected chi connectivity index (χ4v) is 4.79. The summed E-state index contributed by atoms with van der Waals surface area (Å²) in [6, 6.07) is 10.8. The molecule has 0 amide bonds. The van der Waals surface area contributed by atoms with Gasteiger partial charge in [-0.25, -0.2) is 14.5 Å². The Bertz CT molecular complexity index is 1420. The van der Waals surface area contributed by atoms with Gasteiger partial charge in [0.15, 0.2) is 0 Å². The van der Waals surface area contributed by atoms with Gasteiger partial charge < -0.3 is 26.6 Å². The van der Waals surface area contributed by atoms with Crippen LogP contribution in [0.25, 0.3) is 16.6 Å². The number of ether oxygens (including phenoxy) is 1. The number of amidine groups is 1. The van der Waals surface area contributed by atoms with Crippen molar-refractivity contribution < 1.29 is 9.84 Å². The van der Waals surface area contributed by atoms with Crippen molar-refractivity contribution in [3.63, 3.8) is 0 Å². The maximum absolute atomic E-state index is 9.67. The van der Waals surface area contributed by atoms with E-state index in [-0.39, 0.29) is 23.7 Å². The topological polar surface area (TPSA) is 136 Å². The molecule has 0 spiro atoms. The van der Waals surface area contributed by atoms with Crippen LogP contribution in [-0.4, -0.2) is 44.7 Å². The number of aromatic nitrogens is 3. The molecule has 1 saturated carbocycles. The van der Waals surface area contributed by atoms with Crippen molar-refractivity contribution in [2.24, 2.45) is 16.5 Å². The summed E-state index contributed by atoms with van der Waals surface area (Å²) in [7, 11) is 1.59. The third-order valence-corrected chi connectivity index (χ3v) is 6.73. The molecule has 1 aliphatic rings. The molecule has 6 N–H and O–H groups in total. The van der Waals surface area contributed by atoms with Crippen LogP contribution in [0.5, 0.6) is 11.6 Å². The number of pyridine rings is 1. The number of phenols is 1. The molecule has 186 valence electrons. The van der Waals surface area contributed by atoms with E-state index in [0.29, 0.717) is 22.2 Å². The summed E-state index contributed by atoms with van der Waals surface area (Å²) < 4.78 is 7.00. The maximum atomic E-state index is 9.67. The summed E-state index contributed by atoms with van der Waals surface area (Å²) in [5.41, 5.74) is 17.4. The number of nitrogens with two attached hydrogens (primary N) is 2. The number of methoxy groups -OCH3 is 1. The Balaban J connectivity index is 1.60. The highest BCUT2D eigenvalue weighted by Gasteiger charge is 2.23. The number of benzene rings is 1. The highest BCUT2D eigenvalue weighted by Crippen LogP contribution is 2.33. The average Bonchev–Trinajstić information content (AvgIpc) is 3.31. The molecule has 1 aromatic carbocycles. The molecule has 0 unspecified atom stereocenters. The average molecular weight is 506 g/mol. The van der Waals surface area contributed by atoms with E-state index in [0.717, 1.165) is 48.0 Å². The second kappa shape index (κ2) is 10.0. The van der Waals surface area contributed by atoms with E-state index in [2.05, 4.69) is 20.4 Å². The SMILES string of the molecule is COc1ccc(-c2cc3c(N[C@@H]4CCC[C@@H](N)C4)c(C(N)=Nc4ccc(O)cc4Cl)cnn3c2)cn1. The summed E-state index contributed by atoms with van der Waals surface area (Å²) in [6.07, 6.45) is 9.38. The van der Waals surface area contributed by atoms with Gasteiger partial charge >= 0.3 is 0 Å². The van der Waals surface area contributed by atoms with Crippen LogP contribution in [0.1, 0.15) is 31.2 Å². The van der Waals surface area contributed by atoms with Crippen molar-refractivity contribution in [2.75, 3.05) is 12.4 Å². The van der Waals surface area contributed by atoms with Gasteiger partial charge in [-0.1, -0.05) is 11.6 Å². The number of nitrogens with one attached hydrogen (secondary N) is 1. The number of phenolic OH excluding ortho intramolecular Hbond substituents is 1. The van der Waals surface area contributed by atoms with Crippen molar-refractivity contribution in [1.29, 1.82) is 0 Å². The van der Waals surface area contributed by atoms with E-state index in [1.165, 1.54) is 12.1 Å². The van der Waals surface area contributed by atoms with Gasteiger partial charge in [-0.15, -0.1) is 0 Å². The summed E-state index contributed by atoms with van der Waals surface area (Å²) in [6.45, 7) is 0. The number of fused-ring (bicyclic) bond motifs is 1. The lowest BCUT2D eigenvalue weighted by molar-refractivity contribution is 0.398. The zero-order valence-corrected chi connectivity index (χ0v) is 20.6. The minimum Gasteiger partial charge on any atom is -0.508 e. The lowest BCUT2D eigenvalue weighted by atomic mass is 9.91. The van der Waals surface area contributed by atoms with Gasteiger partial charge in [-0.3, -0.25) is 0 Å². The number of aliphatic imine (C=N–C) groups is 1. The van der Waals surface area contributed by atoms with Crippen LogP contribution < -0.4 is 21.5 Å². The number of hydrogen-bond donors (Lipinski definition) is 4. The molecular weight excluding hydrogens is 478 g/mol. The molecule has 5 rings (SSSR count). The number of halogens is 1. The van der Waals surface area contributed by atoms with E-state index in [9.17, 15) is 5.11 Å². The zero-order valence-electron chi connectivity index (χ0n) is 19.9. The summed E-state index contributed by atoms with van der Waals surface area (Å²) in [4.78, 5) is 8.87. The second-order valence-electron chi connectivity index (χ2n) is 8.98. The van der Waals surface area contributed by atoms with E-state index < -0.39 is 0 Å². The van der Waals surface area contributed by atoms with Gasteiger partial charge in [0.25, 0.3) is 0 Å². The zero-order chi connectivity index (χ0) is 25.2. The molecule has 0 saturated heterocycles. The molecule has 1 aliphatic carbocycles. The Hall–Kier alpha value is -3.82. The van der Waals surface area contributed by atoms with Crippen LogP contribution in [-0.2, 0) is 0 Å². The van der Waals surface area contributed by atoms with E-state index in [4.69, 9.17) is 27.8 Å². The fraction of sp³-hybridized carbons (Fsp3) is 0.269. The Morgan fingerprint density at radius 1 is 1.19 bits per heavy atom. The number of anilines is 1. The van der Waals surface area contributed by atoms with Crippen LogP contribution in [0, 0.1) is 0 Å². The predicted molar refractivity (Wildman–Crippen MR) is 142 cm³/mol. The quantitative estimate of drug-likeness (QED) is 0.224. The number of hydrogen-bond acceptors (Lipinski definition) is 7. The molecule has 0 aliphatic heterocycles. The fourth-order valence-electron chi connectivity index (χ4n) is 4.57. The highest BCUT2D eigenvalue weighted by molar-refractivity contribution is 6.33. The first kappa shape index (κ1) is 23.9. The normalized spacial score (nSPS) is 18.4. The predicted octanol–water partition coefficient (Wildman–Crippen LogP) is 4.48. The molecule has 3 heterocycles. The van der Waals surface area contributed by atoms with Crippen LogP contribution in [0.4, 0.5) is 11.4 Å². The molecule has 0 bridgehead atoms. The van der Waals surface area contributed by atoms with Crippen LogP contribution in [0.15, 0.2) is 60.0 Å². The van der Waals surface area contributed by atoms with Crippen LogP contribution >= 0.6 is 11.6 Å². The number of nitrogens with zero attached hydrogens (tertiary/aromatic N) is 4. The van der Waals surface area contributed by atoms with E-state index in [1.807, 2.05) is 28.9 Å².